The van der Waals surface area contributed by atoms with Gasteiger partial charge in [-0.3, -0.25) is 0 Å². The molecular weight excluding hydrogens is 244 g/mol. The zero-order valence-corrected chi connectivity index (χ0v) is 11.5. The van der Waals surface area contributed by atoms with E-state index in [1.54, 1.807) is 0 Å². The largest absolute Gasteiger partial charge is 0.389 e. The number of benzene rings is 1. The van der Waals surface area contributed by atoms with Gasteiger partial charge in [0, 0.05) is 20.2 Å². The Balaban J connectivity index is 2.33. The first kappa shape index (κ1) is 15.5. The fourth-order valence-corrected chi connectivity index (χ4v) is 1.77. The van der Waals surface area contributed by atoms with Crippen LogP contribution in [-0.4, -0.2) is 37.5 Å². The molecule has 1 rings (SSSR count). The summed E-state index contributed by atoms with van der Waals surface area (Å²) in [6.45, 7) is 2.95. The highest BCUT2D eigenvalue weighted by atomic mass is 16.5. The fraction of sp³-hybridized carbons (Fsp3) is 0.500. The highest BCUT2D eigenvalue weighted by molar-refractivity contribution is 5.73. The second kappa shape index (κ2) is 8.50. The Hall–Kier alpha value is -1.59. The SMILES string of the molecule is CCc1ccccc1CNC(=O)NCC(O)COC. The molecule has 1 atom stereocenters. The Morgan fingerprint density at radius 1 is 1.32 bits per heavy atom. The zero-order chi connectivity index (χ0) is 14.1. The van der Waals surface area contributed by atoms with Crippen molar-refractivity contribution in [2.45, 2.75) is 26.0 Å². The number of aryl methyl sites for hydroxylation is 1. The minimum Gasteiger partial charge on any atom is -0.389 e. The number of ether oxygens (including phenoxy) is 1. The van der Waals surface area contributed by atoms with Crippen LogP contribution in [0.4, 0.5) is 4.79 Å². The van der Waals surface area contributed by atoms with Crippen LogP contribution < -0.4 is 10.6 Å². The summed E-state index contributed by atoms with van der Waals surface area (Å²) in [5.74, 6) is 0. The average molecular weight is 266 g/mol. The van der Waals surface area contributed by atoms with Crippen molar-refractivity contribution in [1.82, 2.24) is 10.6 Å². The minimum atomic E-state index is -0.682. The fourth-order valence-electron chi connectivity index (χ4n) is 1.77. The summed E-state index contributed by atoms with van der Waals surface area (Å²) < 4.78 is 4.77. The van der Waals surface area contributed by atoms with E-state index in [2.05, 4.69) is 23.6 Å². The van der Waals surface area contributed by atoms with E-state index in [9.17, 15) is 9.90 Å². The monoisotopic (exact) mass is 266 g/mol. The first-order valence-electron chi connectivity index (χ1n) is 6.42. The van der Waals surface area contributed by atoms with Crippen molar-refractivity contribution in [2.75, 3.05) is 20.3 Å². The predicted octanol–water partition coefficient (Wildman–Crippen LogP) is 1.06. The van der Waals surface area contributed by atoms with Crippen LogP contribution in [0, 0.1) is 0 Å². The highest BCUT2D eigenvalue weighted by Gasteiger charge is 2.07. The van der Waals surface area contributed by atoms with Gasteiger partial charge in [-0.1, -0.05) is 31.2 Å². The van der Waals surface area contributed by atoms with Crippen LogP contribution in [0.5, 0.6) is 0 Å². The van der Waals surface area contributed by atoms with Gasteiger partial charge in [0.2, 0.25) is 0 Å². The second-order valence-corrected chi connectivity index (χ2v) is 4.30. The topological polar surface area (TPSA) is 70.6 Å². The maximum Gasteiger partial charge on any atom is 0.315 e. The van der Waals surface area contributed by atoms with Crippen molar-refractivity contribution in [3.8, 4) is 0 Å². The lowest BCUT2D eigenvalue weighted by Gasteiger charge is -2.12. The molecule has 0 aliphatic heterocycles. The molecule has 0 saturated heterocycles. The molecule has 1 aromatic rings. The number of aliphatic hydroxyl groups is 1. The third kappa shape index (κ3) is 5.72. The third-order valence-electron chi connectivity index (χ3n) is 2.80. The highest BCUT2D eigenvalue weighted by Crippen LogP contribution is 2.08. The van der Waals surface area contributed by atoms with Gasteiger partial charge in [0.15, 0.2) is 0 Å². The summed E-state index contributed by atoms with van der Waals surface area (Å²) >= 11 is 0. The van der Waals surface area contributed by atoms with E-state index in [-0.39, 0.29) is 19.2 Å². The standard InChI is InChI=1S/C14H22N2O3/c1-3-11-6-4-5-7-12(11)8-15-14(18)16-9-13(17)10-19-2/h4-7,13,17H,3,8-10H2,1-2H3,(H2,15,16,18). The third-order valence-corrected chi connectivity index (χ3v) is 2.80. The van der Waals surface area contributed by atoms with Crippen LogP contribution >= 0.6 is 0 Å². The molecule has 1 aromatic carbocycles. The molecule has 0 fully saturated rings. The number of hydrogen-bond acceptors (Lipinski definition) is 3. The zero-order valence-electron chi connectivity index (χ0n) is 11.5. The van der Waals surface area contributed by atoms with Crippen LogP contribution in [0.3, 0.4) is 0 Å². The van der Waals surface area contributed by atoms with E-state index in [1.807, 2.05) is 18.2 Å². The average Bonchev–Trinajstić information content (AvgIpc) is 2.43. The quantitative estimate of drug-likeness (QED) is 0.691. The smallest absolute Gasteiger partial charge is 0.315 e. The number of nitrogens with one attached hydrogen (secondary N) is 2. The van der Waals surface area contributed by atoms with Crippen molar-refractivity contribution in [1.29, 1.82) is 0 Å². The molecule has 0 aliphatic carbocycles. The first-order chi connectivity index (χ1) is 9.17. The maximum absolute atomic E-state index is 11.6. The molecule has 1 unspecified atom stereocenters. The van der Waals surface area contributed by atoms with Crippen LogP contribution in [0.15, 0.2) is 24.3 Å². The van der Waals surface area contributed by atoms with Gasteiger partial charge < -0.3 is 20.5 Å². The van der Waals surface area contributed by atoms with Gasteiger partial charge in [0.1, 0.15) is 0 Å². The second-order valence-electron chi connectivity index (χ2n) is 4.30. The molecule has 0 heterocycles. The summed E-state index contributed by atoms with van der Waals surface area (Å²) in [6, 6.07) is 7.71. The predicted molar refractivity (Wildman–Crippen MR) is 73.9 cm³/mol. The molecule has 5 heteroatoms. The van der Waals surface area contributed by atoms with Gasteiger partial charge in [0.05, 0.1) is 12.7 Å². The van der Waals surface area contributed by atoms with Gasteiger partial charge in [-0.25, -0.2) is 4.79 Å². The Morgan fingerprint density at radius 3 is 2.63 bits per heavy atom. The van der Waals surface area contributed by atoms with Crippen molar-refractivity contribution < 1.29 is 14.6 Å². The Kier molecular flexibility index (Phi) is 6.92. The molecule has 106 valence electrons. The molecule has 0 aromatic heterocycles. The van der Waals surface area contributed by atoms with E-state index in [0.29, 0.717) is 6.54 Å². The molecule has 0 radical (unpaired) electrons. The molecule has 0 spiro atoms. The molecular formula is C14H22N2O3. The van der Waals surface area contributed by atoms with Crippen molar-refractivity contribution in [3.63, 3.8) is 0 Å². The Labute approximate surface area is 114 Å². The number of amides is 2. The van der Waals surface area contributed by atoms with Gasteiger partial charge in [0.25, 0.3) is 0 Å². The number of urea groups is 1. The lowest BCUT2D eigenvalue weighted by Crippen LogP contribution is -2.40. The number of hydrogen-bond donors (Lipinski definition) is 3. The number of carbonyl (C=O) groups is 1. The lowest BCUT2D eigenvalue weighted by atomic mass is 10.1. The van der Waals surface area contributed by atoms with Crippen LogP contribution in [0.2, 0.25) is 0 Å². The van der Waals surface area contributed by atoms with Crippen LogP contribution in [0.1, 0.15) is 18.1 Å². The summed E-state index contributed by atoms with van der Waals surface area (Å²) in [5, 5.41) is 14.8. The number of rotatable bonds is 7. The summed E-state index contributed by atoms with van der Waals surface area (Å²) in [4.78, 5) is 11.6. The first-order valence-corrected chi connectivity index (χ1v) is 6.42. The van der Waals surface area contributed by atoms with Gasteiger partial charge in [-0.2, -0.15) is 0 Å². The molecule has 3 N–H and O–H groups in total. The van der Waals surface area contributed by atoms with Gasteiger partial charge >= 0.3 is 6.03 Å². The maximum atomic E-state index is 11.6. The lowest BCUT2D eigenvalue weighted by molar-refractivity contribution is 0.0660. The van der Waals surface area contributed by atoms with Crippen LogP contribution in [-0.2, 0) is 17.7 Å². The van der Waals surface area contributed by atoms with Gasteiger partial charge in [-0.15, -0.1) is 0 Å². The van der Waals surface area contributed by atoms with E-state index in [1.165, 1.54) is 12.7 Å². The molecule has 0 bridgehead atoms. The number of aliphatic hydroxyl groups excluding tert-OH is 1. The minimum absolute atomic E-state index is 0.176. The summed E-state index contributed by atoms with van der Waals surface area (Å²) in [5.41, 5.74) is 2.33. The number of carbonyl (C=O) groups excluding carboxylic acids is 1. The van der Waals surface area contributed by atoms with E-state index >= 15 is 0 Å². The van der Waals surface area contributed by atoms with Gasteiger partial charge in [-0.05, 0) is 17.5 Å². The molecule has 0 saturated carbocycles. The van der Waals surface area contributed by atoms with Crippen molar-refractivity contribution in [3.05, 3.63) is 35.4 Å². The Bertz CT molecular complexity index is 396. The number of methoxy groups -OCH3 is 1. The molecule has 2 amide bonds. The summed E-state index contributed by atoms with van der Waals surface area (Å²) in [7, 11) is 1.50. The Morgan fingerprint density at radius 2 is 2.00 bits per heavy atom. The van der Waals surface area contributed by atoms with Crippen molar-refractivity contribution >= 4 is 6.03 Å². The normalized spacial score (nSPS) is 11.9. The summed E-state index contributed by atoms with van der Waals surface area (Å²) in [6.07, 6.45) is 0.255. The van der Waals surface area contributed by atoms with E-state index in [0.717, 1.165) is 12.0 Å². The molecule has 0 aliphatic rings. The van der Waals surface area contributed by atoms with E-state index in [4.69, 9.17) is 4.74 Å². The molecule has 5 nitrogen and oxygen atoms in total. The molecule has 19 heavy (non-hydrogen) atoms. The van der Waals surface area contributed by atoms with Crippen molar-refractivity contribution in [2.24, 2.45) is 0 Å². The van der Waals surface area contributed by atoms with Crippen LogP contribution in [0.25, 0.3) is 0 Å². The van der Waals surface area contributed by atoms with E-state index < -0.39 is 6.10 Å².